The Labute approximate surface area is 99.4 Å². The van der Waals surface area contributed by atoms with Crippen LogP contribution in [0.5, 0.6) is 0 Å². The molecule has 0 aromatic carbocycles. The predicted molar refractivity (Wildman–Crippen MR) is 67.3 cm³/mol. The fourth-order valence-electron chi connectivity index (χ4n) is 2.46. The minimum atomic E-state index is 0.0703. The van der Waals surface area contributed by atoms with Gasteiger partial charge in [-0.3, -0.25) is 4.79 Å². The van der Waals surface area contributed by atoms with Crippen LogP contribution < -0.4 is 10.6 Å². The van der Waals surface area contributed by atoms with Gasteiger partial charge >= 0.3 is 0 Å². The Kier molecular flexibility index (Phi) is 6.46. The molecule has 0 heterocycles. The molecule has 0 radical (unpaired) electrons. The summed E-state index contributed by atoms with van der Waals surface area (Å²) in [6.45, 7) is 6.91. The minimum absolute atomic E-state index is 0.0703. The molecule has 1 fully saturated rings. The lowest BCUT2D eigenvalue weighted by Crippen LogP contribution is -2.31. The van der Waals surface area contributed by atoms with Gasteiger partial charge < -0.3 is 10.6 Å². The van der Waals surface area contributed by atoms with Gasteiger partial charge in [0.05, 0.1) is 0 Å². The highest BCUT2D eigenvalue weighted by molar-refractivity contribution is 5.72. The Hall–Kier alpha value is -0.570. The number of carbonyl (C=O) groups excluding carboxylic acids is 1. The molecule has 3 heteroatoms. The molecule has 1 saturated carbocycles. The molecule has 0 saturated heterocycles. The van der Waals surface area contributed by atoms with Gasteiger partial charge in [0, 0.05) is 13.5 Å². The van der Waals surface area contributed by atoms with Crippen molar-refractivity contribution >= 4 is 5.91 Å². The van der Waals surface area contributed by atoms with E-state index in [1.54, 1.807) is 6.92 Å². The monoisotopic (exact) mass is 226 g/mol. The molecule has 2 N–H and O–H groups in total. The maximum absolute atomic E-state index is 10.6. The molecule has 94 valence electrons. The topological polar surface area (TPSA) is 41.1 Å². The van der Waals surface area contributed by atoms with Gasteiger partial charge in [-0.2, -0.15) is 0 Å². The van der Waals surface area contributed by atoms with Crippen molar-refractivity contribution < 1.29 is 4.79 Å². The van der Waals surface area contributed by atoms with Crippen molar-refractivity contribution in [2.45, 2.75) is 46.0 Å². The van der Waals surface area contributed by atoms with E-state index >= 15 is 0 Å². The largest absolute Gasteiger partial charge is 0.356 e. The lowest BCUT2D eigenvalue weighted by molar-refractivity contribution is -0.118. The standard InChI is InChI=1S/C13H26N2O/c1-11-6-3-4-7-13(11)10-14-8-5-9-15-12(2)16/h11,13-14H,3-10H2,1-2H3,(H,15,16)/t11-,13-/m1/s1. The van der Waals surface area contributed by atoms with Crippen molar-refractivity contribution in [2.24, 2.45) is 11.8 Å². The zero-order valence-corrected chi connectivity index (χ0v) is 10.7. The molecule has 1 aliphatic rings. The van der Waals surface area contributed by atoms with Crippen molar-refractivity contribution in [1.82, 2.24) is 10.6 Å². The SMILES string of the molecule is CC(=O)NCCCNC[C@H]1CCCC[C@H]1C. The zero-order valence-electron chi connectivity index (χ0n) is 10.7. The molecular weight excluding hydrogens is 200 g/mol. The molecule has 1 aliphatic carbocycles. The first-order valence-corrected chi connectivity index (χ1v) is 6.65. The molecule has 1 amide bonds. The highest BCUT2D eigenvalue weighted by atomic mass is 16.1. The van der Waals surface area contributed by atoms with Gasteiger partial charge in [0.1, 0.15) is 0 Å². The smallest absolute Gasteiger partial charge is 0.216 e. The van der Waals surface area contributed by atoms with Crippen molar-refractivity contribution in [3.05, 3.63) is 0 Å². The van der Waals surface area contributed by atoms with Crippen LogP contribution in [0.15, 0.2) is 0 Å². The molecule has 16 heavy (non-hydrogen) atoms. The summed E-state index contributed by atoms with van der Waals surface area (Å²) < 4.78 is 0. The maximum Gasteiger partial charge on any atom is 0.216 e. The first kappa shape index (κ1) is 13.5. The van der Waals surface area contributed by atoms with E-state index in [9.17, 15) is 4.79 Å². The summed E-state index contributed by atoms with van der Waals surface area (Å²) >= 11 is 0. The van der Waals surface area contributed by atoms with E-state index < -0.39 is 0 Å². The molecular formula is C13H26N2O. The zero-order chi connectivity index (χ0) is 11.8. The van der Waals surface area contributed by atoms with Crippen LogP contribution in [0.25, 0.3) is 0 Å². The van der Waals surface area contributed by atoms with E-state index in [1.807, 2.05) is 0 Å². The first-order chi connectivity index (χ1) is 7.70. The molecule has 2 atom stereocenters. The Morgan fingerprint density at radius 1 is 1.25 bits per heavy atom. The highest BCUT2D eigenvalue weighted by Gasteiger charge is 2.20. The maximum atomic E-state index is 10.6. The van der Waals surface area contributed by atoms with E-state index in [1.165, 1.54) is 25.7 Å². The summed E-state index contributed by atoms with van der Waals surface area (Å²) in [5.74, 6) is 1.83. The number of hydrogen-bond acceptors (Lipinski definition) is 2. The first-order valence-electron chi connectivity index (χ1n) is 6.65. The molecule has 3 nitrogen and oxygen atoms in total. The predicted octanol–water partition coefficient (Wildman–Crippen LogP) is 1.93. The van der Waals surface area contributed by atoms with Crippen molar-refractivity contribution in [3.63, 3.8) is 0 Å². The molecule has 0 bridgehead atoms. The van der Waals surface area contributed by atoms with Crippen molar-refractivity contribution in [1.29, 1.82) is 0 Å². The van der Waals surface area contributed by atoms with Crippen LogP contribution in [-0.2, 0) is 4.79 Å². The van der Waals surface area contributed by atoms with Crippen LogP contribution in [0.4, 0.5) is 0 Å². The van der Waals surface area contributed by atoms with Crippen LogP contribution in [0.2, 0.25) is 0 Å². The summed E-state index contributed by atoms with van der Waals surface area (Å²) in [7, 11) is 0. The number of rotatable bonds is 6. The van der Waals surface area contributed by atoms with Gasteiger partial charge in [-0.05, 0) is 37.8 Å². The van der Waals surface area contributed by atoms with E-state index in [0.717, 1.165) is 37.9 Å². The van der Waals surface area contributed by atoms with Crippen LogP contribution in [0.1, 0.15) is 46.0 Å². The second-order valence-electron chi connectivity index (χ2n) is 5.06. The van der Waals surface area contributed by atoms with Crippen molar-refractivity contribution in [3.8, 4) is 0 Å². The lowest BCUT2D eigenvalue weighted by atomic mass is 9.80. The summed E-state index contributed by atoms with van der Waals surface area (Å²) in [6.07, 6.45) is 6.64. The van der Waals surface area contributed by atoms with E-state index in [0.29, 0.717) is 0 Å². The summed E-state index contributed by atoms with van der Waals surface area (Å²) in [6, 6.07) is 0. The number of nitrogens with one attached hydrogen (secondary N) is 2. The van der Waals surface area contributed by atoms with Crippen LogP contribution in [0.3, 0.4) is 0 Å². The molecule has 0 aromatic rings. The third-order valence-corrected chi connectivity index (χ3v) is 3.60. The van der Waals surface area contributed by atoms with Gasteiger partial charge in [-0.1, -0.05) is 26.2 Å². The van der Waals surface area contributed by atoms with Crippen LogP contribution >= 0.6 is 0 Å². The fourth-order valence-corrected chi connectivity index (χ4v) is 2.46. The quantitative estimate of drug-likeness (QED) is 0.679. The Balaban J connectivity index is 1.95. The number of amides is 1. The normalized spacial score (nSPS) is 25.4. The van der Waals surface area contributed by atoms with Gasteiger partial charge in [0.2, 0.25) is 5.91 Å². The third kappa shape index (κ3) is 5.50. The summed E-state index contributed by atoms with van der Waals surface area (Å²) in [5.41, 5.74) is 0. The Bertz CT molecular complexity index is 206. The molecule has 0 aliphatic heterocycles. The van der Waals surface area contributed by atoms with E-state index in [4.69, 9.17) is 0 Å². The molecule has 0 aromatic heterocycles. The van der Waals surface area contributed by atoms with E-state index in [2.05, 4.69) is 17.6 Å². The van der Waals surface area contributed by atoms with E-state index in [-0.39, 0.29) is 5.91 Å². The van der Waals surface area contributed by atoms with Crippen LogP contribution in [-0.4, -0.2) is 25.5 Å². The fraction of sp³-hybridized carbons (Fsp3) is 0.923. The number of hydrogen-bond donors (Lipinski definition) is 2. The second-order valence-corrected chi connectivity index (χ2v) is 5.06. The van der Waals surface area contributed by atoms with Crippen LogP contribution in [0, 0.1) is 11.8 Å². The van der Waals surface area contributed by atoms with Gasteiger partial charge in [-0.25, -0.2) is 0 Å². The average Bonchev–Trinajstić information content (AvgIpc) is 2.25. The van der Waals surface area contributed by atoms with Gasteiger partial charge in [0.25, 0.3) is 0 Å². The second kappa shape index (κ2) is 7.66. The minimum Gasteiger partial charge on any atom is -0.356 e. The van der Waals surface area contributed by atoms with Gasteiger partial charge in [-0.15, -0.1) is 0 Å². The Morgan fingerprint density at radius 3 is 2.69 bits per heavy atom. The molecule has 0 spiro atoms. The number of carbonyl (C=O) groups is 1. The summed E-state index contributed by atoms with van der Waals surface area (Å²) in [5, 5.41) is 6.32. The van der Waals surface area contributed by atoms with Gasteiger partial charge in [0.15, 0.2) is 0 Å². The third-order valence-electron chi connectivity index (χ3n) is 3.60. The highest BCUT2D eigenvalue weighted by Crippen LogP contribution is 2.28. The molecule has 1 rings (SSSR count). The Morgan fingerprint density at radius 2 is 2.00 bits per heavy atom. The van der Waals surface area contributed by atoms with Crippen molar-refractivity contribution in [2.75, 3.05) is 19.6 Å². The molecule has 0 unspecified atom stereocenters. The lowest BCUT2D eigenvalue weighted by Gasteiger charge is -2.28. The average molecular weight is 226 g/mol. The summed E-state index contributed by atoms with van der Waals surface area (Å²) in [4.78, 5) is 10.6.